The predicted molar refractivity (Wildman–Crippen MR) is 52.4 cm³/mol. The first-order chi connectivity index (χ1) is 5.97. The Balaban J connectivity index is 3.80. The molecule has 0 aliphatic carbocycles. The molecule has 1 atom stereocenters. The Morgan fingerprint density at radius 3 is 2.15 bits per heavy atom. The molecule has 0 fully saturated rings. The van der Waals surface area contributed by atoms with Gasteiger partial charge in [-0.2, -0.15) is 0 Å². The molecule has 0 amide bonds. The van der Waals surface area contributed by atoms with Gasteiger partial charge in [-0.25, -0.2) is 0 Å². The van der Waals surface area contributed by atoms with Crippen molar-refractivity contribution >= 4 is 11.6 Å². The van der Waals surface area contributed by atoms with Gasteiger partial charge in [-0.3, -0.25) is 9.59 Å². The lowest BCUT2D eigenvalue weighted by Crippen LogP contribution is -2.28. The van der Waals surface area contributed by atoms with E-state index in [0.717, 1.165) is 0 Å². The van der Waals surface area contributed by atoms with E-state index in [-0.39, 0.29) is 23.5 Å². The summed E-state index contributed by atoms with van der Waals surface area (Å²) in [4.78, 5) is 22.2. The van der Waals surface area contributed by atoms with Gasteiger partial charge in [-0.05, 0) is 0 Å². The van der Waals surface area contributed by atoms with Gasteiger partial charge in [0.1, 0.15) is 11.6 Å². The van der Waals surface area contributed by atoms with E-state index in [9.17, 15) is 9.59 Å². The van der Waals surface area contributed by atoms with Gasteiger partial charge in [-0.1, -0.05) is 20.8 Å². The summed E-state index contributed by atoms with van der Waals surface area (Å²) in [5.41, 5.74) is 5.65. The van der Waals surface area contributed by atoms with Gasteiger partial charge in [0.2, 0.25) is 0 Å². The molecule has 76 valence electrons. The van der Waals surface area contributed by atoms with E-state index in [0.29, 0.717) is 19.3 Å². The second-order valence-electron chi connectivity index (χ2n) is 3.68. The van der Waals surface area contributed by atoms with Crippen molar-refractivity contribution < 1.29 is 9.59 Å². The number of rotatable bonds is 6. The Morgan fingerprint density at radius 1 is 1.23 bits per heavy atom. The van der Waals surface area contributed by atoms with Gasteiger partial charge in [-0.15, -0.1) is 0 Å². The number of Topliss-reactive ketones (excluding diaryl/α,β-unsaturated/α-hetero) is 2. The quantitative estimate of drug-likeness (QED) is 0.678. The lowest BCUT2D eigenvalue weighted by Gasteiger charge is -2.10. The van der Waals surface area contributed by atoms with Crippen LogP contribution in [0.25, 0.3) is 0 Å². The van der Waals surface area contributed by atoms with Gasteiger partial charge in [0.15, 0.2) is 0 Å². The monoisotopic (exact) mass is 185 g/mol. The summed E-state index contributed by atoms with van der Waals surface area (Å²) >= 11 is 0. The second-order valence-corrected chi connectivity index (χ2v) is 3.68. The molecule has 0 radical (unpaired) electrons. The first-order valence-corrected chi connectivity index (χ1v) is 4.77. The minimum absolute atomic E-state index is 0.0165. The predicted octanol–water partition coefficient (Wildman–Crippen LogP) is 1.30. The number of hydrogen-bond acceptors (Lipinski definition) is 3. The Labute approximate surface area is 79.7 Å². The Morgan fingerprint density at radius 2 is 1.77 bits per heavy atom. The van der Waals surface area contributed by atoms with Crippen LogP contribution in [0, 0.1) is 5.92 Å². The number of nitrogens with two attached hydrogens (primary N) is 1. The van der Waals surface area contributed by atoms with Crippen molar-refractivity contribution in [1.82, 2.24) is 0 Å². The molecule has 13 heavy (non-hydrogen) atoms. The largest absolute Gasteiger partial charge is 0.327 e. The van der Waals surface area contributed by atoms with E-state index in [4.69, 9.17) is 5.73 Å². The van der Waals surface area contributed by atoms with Crippen LogP contribution in [0.4, 0.5) is 0 Å². The Bertz CT molecular complexity index is 187. The second kappa shape index (κ2) is 5.86. The van der Waals surface area contributed by atoms with Crippen LogP contribution in [0.2, 0.25) is 0 Å². The summed E-state index contributed by atoms with van der Waals surface area (Å²) in [7, 11) is 0. The number of carbonyl (C=O) groups is 2. The topological polar surface area (TPSA) is 60.2 Å². The van der Waals surface area contributed by atoms with Crippen LogP contribution in [0.3, 0.4) is 0 Å². The van der Waals surface area contributed by atoms with Crippen molar-refractivity contribution in [3.63, 3.8) is 0 Å². The van der Waals surface area contributed by atoms with E-state index in [1.165, 1.54) is 0 Å². The van der Waals surface area contributed by atoms with E-state index < -0.39 is 0 Å². The molecule has 0 aliphatic rings. The Hall–Kier alpha value is -0.700. The summed E-state index contributed by atoms with van der Waals surface area (Å²) < 4.78 is 0. The van der Waals surface area contributed by atoms with Crippen LogP contribution < -0.4 is 5.73 Å². The van der Waals surface area contributed by atoms with Crippen molar-refractivity contribution in [3.8, 4) is 0 Å². The zero-order chi connectivity index (χ0) is 10.4. The molecule has 0 aliphatic heterocycles. The summed E-state index contributed by atoms with van der Waals surface area (Å²) in [5.74, 6) is 0.281. The van der Waals surface area contributed by atoms with E-state index in [2.05, 4.69) is 0 Å². The minimum atomic E-state index is -0.289. The zero-order valence-corrected chi connectivity index (χ0v) is 8.67. The van der Waals surface area contributed by atoms with Crippen LogP contribution in [0.15, 0.2) is 0 Å². The van der Waals surface area contributed by atoms with E-state index in [1.807, 2.05) is 13.8 Å². The maximum Gasteiger partial charge on any atom is 0.136 e. The van der Waals surface area contributed by atoms with E-state index >= 15 is 0 Å². The molecule has 0 aromatic heterocycles. The number of hydrogen-bond donors (Lipinski definition) is 1. The molecule has 0 aromatic carbocycles. The molecular formula is C10H19NO2. The maximum absolute atomic E-state index is 11.2. The van der Waals surface area contributed by atoms with E-state index in [1.54, 1.807) is 6.92 Å². The maximum atomic E-state index is 11.2. The van der Waals surface area contributed by atoms with Crippen molar-refractivity contribution in [2.24, 2.45) is 11.7 Å². The average Bonchev–Trinajstić information content (AvgIpc) is 2.03. The van der Waals surface area contributed by atoms with Gasteiger partial charge >= 0.3 is 0 Å². The average molecular weight is 185 g/mol. The summed E-state index contributed by atoms with van der Waals surface area (Å²) in [6, 6.07) is -0.289. The lowest BCUT2D eigenvalue weighted by atomic mass is 9.98. The molecule has 0 rings (SSSR count). The highest BCUT2D eigenvalue weighted by Crippen LogP contribution is 2.04. The molecular weight excluding hydrogens is 166 g/mol. The summed E-state index contributed by atoms with van der Waals surface area (Å²) in [6.45, 7) is 5.49. The smallest absolute Gasteiger partial charge is 0.136 e. The van der Waals surface area contributed by atoms with Crippen LogP contribution in [-0.2, 0) is 9.59 Å². The highest BCUT2D eigenvalue weighted by Gasteiger charge is 2.14. The van der Waals surface area contributed by atoms with Gasteiger partial charge in [0.25, 0.3) is 0 Å². The molecule has 0 saturated carbocycles. The zero-order valence-electron chi connectivity index (χ0n) is 8.67. The highest BCUT2D eigenvalue weighted by atomic mass is 16.1. The first-order valence-electron chi connectivity index (χ1n) is 4.77. The molecule has 0 bridgehead atoms. The standard InChI is InChI=1S/C10H19NO2/c1-4-9(12)5-8(11)6-10(13)7(2)3/h7-8H,4-6,11H2,1-3H3. The molecule has 0 spiro atoms. The van der Waals surface area contributed by atoms with Gasteiger partial charge < -0.3 is 5.73 Å². The third kappa shape index (κ3) is 5.53. The summed E-state index contributed by atoms with van der Waals surface area (Å²) in [6.07, 6.45) is 1.15. The van der Waals surface area contributed by atoms with Crippen molar-refractivity contribution in [3.05, 3.63) is 0 Å². The summed E-state index contributed by atoms with van der Waals surface area (Å²) in [5, 5.41) is 0. The van der Waals surface area contributed by atoms with Crippen LogP contribution in [-0.4, -0.2) is 17.6 Å². The fourth-order valence-corrected chi connectivity index (χ4v) is 1.00. The molecule has 1 unspecified atom stereocenters. The van der Waals surface area contributed by atoms with Crippen molar-refractivity contribution in [2.75, 3.05) is 0 Å². The molecule has 0 heterocycles. The van der Waals surface area contributed by atoms with Crippen LogP contribution >= 0.6 is 0 Å². The van der Waals surface area contributed by atoms with Gasteiger partial charge in [0, 0.05) is 31.2 Å². The number of ketones is 2. The Kier molecular flexibility index (Phi) is 5.55. The third-order valence-corrected chi connectivity index (χ3v) is 1.99. The van der Waals surface area contributed by atoms with Crippen molar-refractivity contribution in [1.29, 1.82) is 0 Å². The van der Waals surface area contributed by atoms with Crippen LogP contribution in [0.5, 0.6) is 0 Å². The molecule has 2 N–H and O–H groups in total. The SMILES string of the molecule is CCC(=O)CC(N)CC(=O)C(C)C. The van der Waals surface area contributed by atoms with Gasteiger partial charge in [0.05, 0.1) is 0 Å². The highest BCUT2D eigenvalue weighted by molar-refractivity contribution is 5.83. The van der Waals surface area contributed by atoms with Crippen LogP contribution in [0.1, 0.15) is 40.0 Å². The molecule has 3 nitrogen and oxygen atoms in total. The lowest BCUT2D eigenvalue weighted by molar-refractivity contribution is -0.122. The first kappa shape index (κ1) is 12.3. The molecule has 0 aromatic rings. The normalized spacial score (nSPS) is 13.0. The fourth-order valence-electron chi connectivity index (χ4n) is 1.00. The molecule has 0 saturated heterocycles. The van der Waals surface area contributed by atoms with Crippen molar-refractivity contribution in [2.45, 2.75) is 46.1 Å². The number of carbonyl (C=O) groups excluding carboxylic acids is 2. The third-order valence-electron chi connectivity index (χ3n) is 1.99. The minimum Gasteiger partial charge on any atom is -0.327 e. The molecule has 3 heteroatoms. The fraction of sp³-hybridized carbons (Fsp3) is 0.800.